The zero-order valence-electron chi connectivity index (χ0n) is 10.3. The first-order valence-electron chi connectivity index (χ1n) is 5.98. The average Bonchev–Trinajstić information content (AvgIpc) is 2.66. The van der Waals surface area contributed by atoms with Gasteiger partial charge in [0.25, 0.3) is 0 Å². The highest BCUT2D eigenvalue weighted by molar-refractivity contribution is 6.06. The van der Waals surface area contributed by atoms with Crippen molar-refractivity contribution >= 4 is 18.0 Å². The van der Waals surface area contributed by atoms with Crippen molar-refractivity contribution in [3.05, 3.63) is 11.6 Å². The largest absolute Gasteiger partial charge is 0.288 e. The third-order valence-electron chi connectivity index (χ3n) is 4.37. The minimum Gasteiger partial charge on any atom is -0.288 e. The minimum atomic E-state index is -0.238. The second-order valence-corrected chi connectivity index (χ2v) is 5.69. The van der Waals surface area contributed by atoms with Crippen LogP contribution in [0.5, 0.6) is 0 Å². The van der Waals surface area contributed by atoms with Crippen molar-refractivity contribution in [3.8, 4) is 0 Å². The van der Waals surface area contributed by atoms with E-state index in [1.54, 1.807) is 7.05 Å². The number of hydrogen-bond acceptors (Lipinski definition) is 3. The molecule has 4 nitrogen and oxygen atoms in total. The van der Waals surface area contributed by atoms with Crippen molar-refractivity contribution in [2.24, 2.45) is 22.2 Å². The first-order chi connectivity index (χ1) is 7.94. The lowest BCUT2D eigenvalue weighted by atomic mass is 9.79. The molecule has 0 aromatic heterocycles. The van der Waals surface area contributed by atoms with Gasteiger partial charge in [-0.25, -0.2) is 0 Å². The maximum atomic E-state index is 12.1. The molecule has 0 aromatic carbocycles. The molecule has 4 atom stereocenters. The summed E-state index contributed by atoms with van der Waals surface area (Å²) in [4.78, 5) is 29.9. The highest BCUT2D eigenvalue weighted by atomic mass is 16.2. The molecule has 1 saturated heterocycles. The van der Waals surface area contributed by atoms with Gasteiger partial charge in [-0.05, 0) is 18.9 Å². The standard InChI is InChI=1S/C13H16N2O2/c1-7-4-13(2)5-8-9(10(13)14-6-7)12(17)15(3)11(8)16/h4,6,8-10H,5H2,1-3H3/t8-,9-,10-,13+/m0/s1. The monoisotopic (exact) mass is 232 g/mol. The fourth-order valence-electron chi connectivity index (χ4n) is 3.64. The van der Waals surface area contributed by atoms with Crippen molar-refractivity contribution in [2.75, 3.05) is 7.05 Å². The van der Waals surface area contributed by atoms with E-state index in [9.17, 15) is 9.59 Å². The van der Waals surface area contributed by atoms with E-state index in [4.69, 9.17) is 0 Å². The van der Waals surface area contributed by atoms with Gasteiger partial charge in [0.1, 0.15) is 0 Å². The number of amides is 2. The zero-order chi connectivity index (χ0) is 12.4. The number of allylic oxidation sites excluding steroid dienone is 1. The van der Waals surface area contributed by atoms with E-state index in [0.29, 0.717) is 0 Å². The van der Waals surface area contributed by atoms with E-state index in [1.165, 1.54) is 4.90 Å². The van der Waals surface area contributed by atoms with Crippen LogP contribution in [0.1, 0.15) is 20.3 Å². The molecule has 4 heteroatoms. The number of aliphatic imine (C=N–C) groups is 1. The summed E-state index contributed by atoms with van der Waals surface area (Å²) >= 11 is 0. The van der Waals surface area contributed by atoms with Crippen molar-refractivity contribution < 1.29 is 9.59 Å². The number of dihydropyridines is 1. The Morgan fingerprint density at radius 2 is 2.12 bits per heavy atom. The van der Waals surface area contributed by atoms with Crippen molar-refractivity contribution in [3.63, 3.8) is 0 Å². The Bertz CT molecular complexity index is 480. The van der Waals surface area contributed by atoms with Crippen molar-refractivity contribution in [1.82, 2.24) is 4.90 Å². The molecule has 0 unspecified atom stereocenters. The zero-order valence-corrected chi connectivity index (χ0v) is 10.3. The molecular formula is C13H16N2O2. The highest BCUT2D eigenvalue weighted by Gasteiger charge is 2.61. The minimum absolute atomic E-state index is 0.0307. The maximum Gasteiger partial charge on any atom is 0.235 e. The number of hydrogen-bond donors (Lipinski definition) is 0. The van der Waals surface area contributed by atoms with E-state index in [-0.39, 0.29) is 35.1 Å². The SMILES string of the molecule is CC1=C[C@]2(C)C[C@@H]3C(=O)N(C)C(=O)[C@@H]3[C@@H]2N=C1. The van der Waals surface area contributed by atoms with Gasteiger partial charge in [-0.1, -0.05) is 13.0 Å². The fraction of sp³-hybridized carbons (Fsp3) is 0.615. The summed E-state index contributed by atoms with van der Waals surface area (Å²) in [6, 6.07) is -0.0578. The summed E-state index contributed by atoms with van der Waals surface area (Å²) < 4.78 is 0. The normalized spacial score (nSPS) is 43.8. The quantitative estimate of drug-likeness (QED) is 0.586. The van der Waals surface area contributed by atoms with Crippen LogP contribution in [-0.4, -0.2) is 36.0 Å². The van der Waals surface area contributed by atoms with E-state index < -0.39 is 0 Å². The summed E-state index contributed by atoms with van der Waals surface area (Å²) in [7, 11) is 1.58. The molecule has 2 fully saturated rings. The Morgan fingerprint density at radius 3 is 2.82 bits per heavy atom. The summed E-state index contributed by atoms with van der Waals surface area (Å²) in [5.41, 5.74) is 0.998. The molecule has 1 aliphatic carbocycles. The summed E-state index contributed by atoms with van der Waals surface area (Å²) in [5, 5.41) is 0. The predicted molar refractivity (Wildman–Crippen MR) is 63.5 cm³/mol. The molecule has 3 rings (SSSR count). The smallest absolute Gasteiger partial charge is 0.235 e. The highest BCUT2D eigenvalue weighted by Crippen LogP contribution is 2.53. The number of imide groups is 1. The van der Waals surface area contributed by atoms with Crippen molar-refractivity contribution in [1.29, 1.82) is 0 Å². The Hall–Kier alpha value is -1.45. The molecule has 3 aliphatic rings. The molecule has 17 heavy (non-hydrogen) atoms. The van der Waals surface area contributed by atoms with Crippen LogP contribution >= 0.6 is 0 Å². The first-order valence-corrected chi connectivity index (χ1v) is 5.98. The molecule has 0 bridgehead atoms. The van der Waals surface area contributed by atoms with Crippen LogP contribution in [0.15, 0.2) is 16.6 Å². The van der Waals surface area contributed by atoms with Gasteiger partial charge in [-0.2, -0.15) is 0 Å². The third kappa shape index (κ3) is 1.21. The Labute approximate surface area is 100 Å². The van der Waals surface area contributed by atoms with Gasteiger partial charge in [0.2, 0.25) is 11.8 Å². The Balaban J connectivity index is 2.05. The van der Waals surface area contributed by atoms with Crippen LogP contribution < -0.4 is 0 Å². The van der Waals surface area contributed by atoms with Crippen LogP contribution in [-0.2, 0) is 9.59 Å². The second-order valence-electron chi connectivity index (χ2n) is 5.69. The second kappa shape index (κ2) is 3.06. The summed E-state index contributed by atoms with van der Waals surface area (Å²) in [6.45, 7) is 4.12. The molecule has 90 valence electrons. The lowest BCUT2D eigenvalue weighted by Crippen LogP contribution is -2.37. The molecule has 2 heterocycles. The lowest BCUT2D eigenvalue weighted by Gasteiger charge is -2.31. The van der Waals surface area contributed by atoms with Gasteiger partial charge in [-0.3, -0.25) is 19.5 Å². The van der Waals surface area contributed by atoms with Crippen LogP contribution in [0.25, 0.3) is 0 Å². The molecule has 0 aromatic rings. The fourth-order valence-corrected chi connectivity index (χ4v) is 3.64. The van der Waals surface area contributed by atoms with Gasteiger partial charge >= 0.3 is 0 Å². The maximum absolute atomic E-state index is 12.1. The molecule has 0 N–H and O–H groups in total. The number of carbonyl (C=O) groups is 2. The number of fused-ring (bicyclic) bond motifs is 3. The molecule has 2 amide bonds. The predicted octanol–water partition coefficient (Wildman–Crippen LogP) is 1.03. The molecular weight excluding hydrogens is 216 g/mol. The number of likely N-dealkylation sites (tertiary alicyclic amines) is 1. The molecule has 1 saturated carbocycles. The van der Waals surface area contributed by atoms with Gasteiger partial charge < -0.3 is 0 Å². The van der Waals surface area contributed by atoms with Crippen molar-refractivity contribution in [2.45, 2.75) is 26.3 Å². The molecule has 2 aliphatic heterocycles. The lowest BCUT2D eigenvalue weighted by molar-refractivity contribution is -0.139. The first kappa shape index (κ1) is 10.7. The van der Waals surface area contributed by atoms with E-state index >= 15 is 0 Å². The summed E-state index contributed by atoms with van der Waals surface area (Å²) in [6.07, 6.45) is 4.74. The van der Waals surface area contributed by atoms with Crippen LogP contribution in [0.4, 0.5) is 0 Å². The van der Waals surface area contributed by atoms with E-state index in [0.717, 1.165) is 12.0 Å². The van der Waals surface area contributed by atoms with Crippen LogP contribution in [0, 0.1) is 17.3 Å². The Kier molecular flexibility index (Phi) is 1.92. The Morgan fingerprint density at radius 1 is 1.41 bits per heavy atom. The van der Waals surface area contributed by atoms with Crippen LogP contribution in [0.3, 0.4) is 0 Å². The van der Waals surface area contributed by atoms with E-state index in [1.807, 2.05) is 13.1 Å². The topological polar surface area (TPSA) is 49.7 Å². The van der Waals surface area contributed by atoms with Gasteiger partial charge in [0, 0.05) is 18.7 Å². The number of rotatable bonds is 0. The third-order valence-corrected chi connectivity index (χ3v) is 4.37. The molecule has 0 spiro atoms. The number of carbonyl (C=O) groups excluding carboxylic acids is 2. The van der Waals surface area contributed by atoms with E-state index in [2.05, 4.69) is 18.0 Å². The van der Waals surface area contributed by atoms with Crippen LogP contribution in [0.2, 0.25) is 0 Å². The van der Waals surface area contributed by atoms with Gasteiger partial charge in [0.05, 0.1) is 17.9 Å². The van der Waals surface area contributed by atoms with Gasteiger partial charge in [-0.15, -0.1) is 0 Å². The number of nitrogens with zero attached hydrogens (tertiary/aromatic N) is 2. The summed E-state index contributed by atoms with van der Waals surface area (Å²) in [5.74, 6) is -0.490. The molecule has 0 radical (unpaired) electrons. The average molecular weight is 232 g/mol. The van der Waals surface area contributed by atoms with Gasteiger partial charge in [0.15, 0.2) is 0 Å².